The number of para-hydroxylation sites is 1. The van der Waals surface area contributed by atoms with Gasteiger partial charge in [0.2, 0.25) is 10.0 Å². The number of rotatable bonds is 3. The van der Waals surface area contributed by atoms with Crippen LogP contribution in [0.25, 0.3) is 10.2 Å². The van der Waals surface area contributed by atoms with Crippen molar-refractivity contribution in [2.24, 2.45) is 0 Å². The van der Waals surface area contributed by atoms with E-state index in [4.69, 9.17) is 0 Å². The highest BCUT2D eigenvalue weighted by molar-refractivity contribution is 7.89. The van der Waals surface area contributed by atoms with E-state index < -0.39 is 15.8 Å². The monoisotopic (exact) mass is 376 g/mol. The van der Waals surface area contributed by atoms with Gasteiger partial charge in [-0.1, -0.05) is 24.6 Å². The van der Waals surface area contributed by atoms with Crippen molar-refractivity contribution in [2.75, 3.05) is 6.54 Å². The largest absolute Gasteiger partial charge is 0.243 e. The average molecular weight is 376 g/mol. The molecule has 1 saturated heterocycles. The summed E-state index contributed by atoms with van der Waals surface area (Å²) in [6.45, 7) is 0.430. The Balaban J connectivity index is 1.76. The topological polar surface area (TPSA) is 50.3 Å². The fourth-order valence-electron chi connectivity index (χ4n) is 3.23. The molecule has 1 atom stereocenters. The number of hydrogen-bond donors (Lipinski definition) is 0. The number of nitrogens with zero attached hydrogens (tertiary/aromatic N) is 2. The van der Waals surface area contributed by atoms with Crippen LogP contribution in [0.2, 0.25) is 0 Å². The Kier molecular flexibility index (Phi) is 4.31. The molecular formula is C18H17FN2O2S2. The highest BCUT2D eigenvalue weighted by Crippen LogP contribution is 2.38. The van der Waals surface area contributed by atoms with E-state index in [1.165, 1.54) is 33.8 Å². The van der Waals surface area contributed by atoms with Crippen molar-refractivity contribution in [2.45, 2.75) is 30.2 Å². The lowest BCUT2D eigenvalue weighted by molar-refractivity contribution is 0.255. The maximum Gasteiger partial charge on any atom is 0.243 e. The van der Waals surface area contributed by atoms with Crippen LogP contribution in [0.1, 0.15) is 30.3 Å². The molecular weight excluding hydrogens is 359 g/mol. The molecule has 25 heavy (non-hydrogen) atoms. The number of benzene rings is 2. The molecule has 1 aliphatic heterocycles. The van der Waals surface area contributed by atoms with Crippen LogP contribution in [0.5, 0.6) is 0 Å². The molecule has 4 rings (SSSR count). The van der Waals surface area contributed by atoms with Gasteiger partial charge >= 0.3 is 0 Å². The first kappa shape index (κ1) is 16.6. The van der Waals surface area contributed by atoms with Gasteiger partial charge in [-0.3, -0.25) is 0 Å². The van der Waals surface area contributed by atoms with Crippen LogP contribution in [0, 0.1) is 5.82 Å². The molecule has 0 spiro atoms. The van der Waals surface area contributed by atoms with Crippen LogP contribution in [0.3, 0.4) is 0 Å². The molecule has 2 aromatic carbocycles. The fourth-order valence-corrected chi connectivity index (χ4v) is 6.11. The normalized spacial score (nSPS) is 19.3. The molecule has 7 heteroatoms. The average Bonchev–Trinajstić information content (AvgIpc) is 3.06. The van der Waals surface area contributed by atoms with Gasteiger partial charge in [-0.25, -0.2) is 17.8 Å². The second kappa shape index (κ2) is 6.48. The van der Waals surface area contributed by atoms with Gasteiger partial charge in [-0.05, 0) is 43.2 Å². The van der Waals surface area contributed by atoms with Gasteiger partial charge in [-0.15, -0.1) is 11.3 Å². The molecule has 0 N–H and O–H groups in total. The van der Waals surface area contributed by atoms with E-state index in [2.05, 4.69) is 4.98 Å². The summed E-state index contributed by atoms with van der Waals surface area (Å²) in [5, 5.41) is 0.806. The molecule has 0 saturated carbocycles. The zero-order chi connectivity index (χ0) is 17.4. The third-order valence-electron chi connectivity index (χ3n) is 4.45. The van der Waals surface area contributed by atoms with E-state index in [9.17, 15) is 12.8 Å². The smallest absolute Gasteiger partial charge is 0.239 e. The van der Waals surface area contributed by atoms with Gasteiger partial charge < -0.3 is 0 Å². The number of hydrogen-bond acceptors (Lipinski definition) is 4. The van der Waals surface area contributed by atoms with Gasteiger partial charge in [0.25, 0.3) is 0 Å². The van der Waals surface area contributed by atoms with Crippen molar-refractivity contribution >= 4 is 31.6 Å². The molecule has 2 heterocycles. The van der Waals surface area contributed by atoms with Gasteiger partial charge in [-0.2, -0.15) is 4.31 Å². The summed E-state index contributed by atoms with van der Waals surface area (Å²) >= 11 is 1.53. The van der Waals surface area contributed by atoms with E-state index in [-0.39, 0.29) is 10.9 Å². The standard InChI is InChI=1S/C18H17FN2O2S2/c19-13-6-5-7-14(12-13)25(22,23)21-11-4-3-9-16(21)18-20-15-8-1-2-10-17(15)24-18/h1-2,5-8,10,12,16H,3-4,9,11H2. The Hall–Kier alpha value is -1.83. The highest BCUT2D eigenvalue weighted by Gasteiger charge is 2.36. The number of aromatic nitrogens is 1. The molecule has 0 radical (unpaired) electrons. The third kappa shape index (κ3) is 3.07. The number of fused-ring (bicyclic) bond motifs is 1. The van der Waals surface area contributed by atoms with Crippen molar-refractivity contribution < 1.29 is 12.8 Å². The zero-order valence-corrected chi connectivity index (χ0v) is 15.1. The SMILES string of the molecule is O=S(=O)(c1cccc(F)c1)N1CCCCC1c1nc2ccccc2s1. The predicted octanol–water partition coefficient (Wildman–Crippen LogP) is 4.35. The number of piperidine rings is 1. The van der Waals surface area contributed by atoms with Gasteiger partial charge in [0.1, 0.15) is 10.8 Å². The molecule has 0 amide bonds. The first-order chi connectivity index (χ1) is 12.1. The van der Waals surface area contributed by atoms with Gasteiger partial charge in [0, 0.05) is 6.54 Å². The first-order valence-corrected chi connectivity index (χ1v) is 10.4. The lowest BCUT2D eigenvalue weighted by Gasteiger charge is -2.33. The summed E-state index contributed by atoms with van der Waals surface area (Å²) in [5.41, 5.74) is 0.885. The maximum absolute atomic E-state index is 13.5. The molecule has 1 aromatic heterocycles. The molecule has 0 bridgehead atoms. The Morgan fingerprint density at radius 2 is 1.96 bits per heavy atom. The Bertz CT molecular complexity index is 984. The van der Waals surface area contributed by atoms with Crippen LogP contribution in [-0.4, -0.2) is 24.3 Å². The van der Waals surface area contributed by atoms with E-state index in [0.29, 0.717) is 6.54 Å². The van der Waals surface area contributed by atoms with Crippen molar-refractivity contribution in [3.05, 3.63) is 59.4 Å². The molecule has 1 unspecified atom stereocenters. The molecule has 3 aromatic rings. The minimum absolute atomic E-state index is 0.000473. The van der Waals surface area contributed by atoms with E-state index in [1.807, 2.05) is 24.3 Å². The quantitative estimate of drug-likeness (QED) is 0.683. The highest BCUT2D eigenvalue weighted by atomic mass is 32.2. The van der Waals surface area contributed by atoms with Crippen molar-refractivity contribution in [3.63, 3.8) is 0 Å². The van der Waals surface area contributed by atoms with Crippen LogP contribution in [-0.2, 0) is 10.0 Å². The summed E-state index contributed by atoms with van der Waals surface area (Å²) in [7, 11) is -3.76. The van der Waals surface area contributed by atoms with E-state index in [1.54, 1.807) is 0 Å². The van der Waals surface area contributed by atoms with E-state index in [0.717, 1.165) is 40.6 Å². The zero-order valence-electron chi connectivity index (χ0n) is 13.4. The minimum atomic E-state index is -3.76. The number of sulfonamides is 1. The van der Waals surface area contributed by atoms with Gasteiger partial charge in [0.15, 0.2) is 0 Å². The van der Waals surface area contributed by atoms with Crippen molar-refractivity contribution in [1.82, 2.24) is 9.29 Å². The van der Waals surface area contributed by atoms with Crippen LogP contribution < -0.4 is 0 Å². The second-order valence-electron chi connectivity index (χ2n) is 6.10. The summed E-state index contributed by atoms with van der Waals surface area (Å²) in [6.07, 6.45) is 2.49. The lowest BCUT2D eigenvalue weighted by atomic mass is 10.1. The predicted molar refractivity (Wildman–Crippen MR) is 96.5 cm³/mol. The Labute approximate surface area is 150 Å². The van der Waals surface area contributed by atoms with Crippen molar-refractivity contribution in [3.8, 4) is 0 Å². The van der Waals surface area contributed by atoms with Crippen LogP contribution in [0.4, 0.5) is 4.39 Å². The first-order valence-electron chi connectivity index (χ1n) is 8.18. The molecule has 130 valence electrons. The summed E-state index contributed by atoms with van der Waals surface area (Å²) in [6, 6.07) is 12.7. The van der Waals surface area contributed by atoms with Crippen molar-refractivity contribution in [1.29, 1.82) is 0 Å². The number of thiazole rings is 1. The number of halogens is 1. The summed E-state index contributed by atoms with van der Waals surface area (Å²) < 4.78 is 42.2. The fraction of sp³-hybridized carbons (Fsp3) is 0.278. The van der Waals surface area contributed by atoms with Gasteiger partial charge in [0.05, 0.1) is 21.2 Å². The lowest BCUT2D eigenvalue weighted by Crippen LogP contribution is -2.38. The molecule has 1 fully saturated rings. The third-order valence-corrected chi connectivity index (χ3v) is 7.49. The summed E-state index contributed by atoms with van der Waals surface area (Å²) in [4.78, 5) is 4.65. The van der Waals surface area contributed by atoms with E-state index >= 15 is 0 Å². The van der Waals surface area contributed by atoms with Crippen LogP contribution >= 0.6 is 11.3 Å². The Morgan fingerprint density at radius 3 is 2.76 bits per heavy atom. The summed E-state index contributed by atoms with van der Waals surface area (Å²) in [5.74, 6) is -0.547. The Morgan fingerprint density at radius 1 is 1.12 bits per heavy atom. The molecule has 1 aliphatic rings. The molecule has 0 aliphatic carbocycles. The molecule has 4 nitrogen and oxygen atoms in total. The van der Waals surface area contributed by atoms with Crippen LogP contribution in [0.15, 0.2) is 53.4 Å². The maximum atomic E-state index is 13.5. The second-order valence-corrected chi connectivity index (χ2v) is 9.06. The minimum Gasteiger partial charge on any atom is -0.239 e.